The molecule has 0 aromatic carbocycles. The van der Waals surface area contributed by atoms with E-state index in [1.807, 2.05) is 6.92 Å². The number of rotatable bonds is 2. The number of nitrogens with zero attached hydrogens (tertiary/aromatic N) is 3. The summed E-state index contributed by atoms with van der Waals surface area (Å²) in [6, 6.07) is 0. The monoisotopic (exact) mass is 193 g/mol. The van der Waals surface area contributed by atoms with E-state index in [9.17, 15) is 4.79 Å². The van der Waals surface area contributed by atoms with Crippen LogP contribution in [-0.2, 0) is 6.42 Å². The Labute approximate surface area is 79.8 Å². The summed E-state index contributed by atoms with van der Waals surface area (Å²) in [5.74, 6) is 0.543. The standard InChI is InChI=1S/C8H11N5O/c1-2-3-5-4-13-8(10-6(5)14)11-7(9)12-13/h4H,2-3H2,1H3,(H3,9,10,11,12,14). The summed E-state index contributed by atoms with van der Waals surface area (Å²) in [6.07, 6.45) is 3.31. The van der Waals surface area contributed by atoms with E-state index in [0.29, 0.717) is 11.3 Å². The summed E-state index contributed by atoms with van der Waals surface area (Å²) in [7, 11) is 0. The second-order valence-corrected chi connectivity index (χ2v) is 3.10. The fraction of sp³-hybridized carbons (Fsp3) is 0.375. The molecule has 3 N–H and O–H groups in total. The number of fused-ring (bicyclic) bond motifs is 1. The molecule has 0 saturated heterocycles. The van der Waals surface area contributed by atoms with E-state index in [-0.39, 0.29) is 11.5 Å². The van der Waals surface area contributed by atoms with E-state index in [1.165, 1.54) is 4.52 Å². The highest BCUT2D eigenvalue weighted by atomic mass is 16.1. The Balaban J connectivity index is 2.64. The summed E-state index contributed by atoms with van der Waals surface area (Å²) < 4.78 is 1.49. The molecule has 0 spiro atoms. The number of aryl methyl sites for hydroxylation is 1. The van der Waals surface area contributed by atoms with Gasteiger partial charge < -0.3 is 5.73 Å². The van der Waals surface area contributed by atoms with E-state index in [1.54, 1.807) is 6.20 Å². The highest BCUT2D eigenvalue weighted by Crippen LogP contribution is 2.00. The molecule has 0 aliphatic heterocycles. The molecule has 0 aliphatic rings. The molecular formula is C8H11N5O. The molecule has 0 atom stereocenters. The molecule has 0 aliphatic carbocycles. The number of anilines is 1. The summed E-state index contributed by atoms with van der Waals surface area (Å²) in [6.45, 7) is 2.01. The fourth-order valence-electron chi connectivity index (χ4n) is 1.35. The van der Waals surface area contributed by atoms with Gasteiger partial charge in [0.25, 0.3) is 5.56 Å². The first-order valence-electron chi connectivity index (χ1n) is 4.44. The number of nitrogens with one attached hydrogen (secondary N) is 1. The SMILES string of the molecule is CCCc1cn2nc(N)nc2[nH]c1=O. The number of aromatic nitrogens is 4. The van der Waals surface area contributed by atoms with Crippen LogP contribution in [0.4, 0.5) is 5.95 Å². The second-order valence-electron chi connectivity index (χ2n) is 3.10. The minimum Gasteiger partial charge on any atom is -0.366 e. The average Bonchev–Trinajstić information content (AvgIpc) is 2.45. The zero-order valence-electron chi connectivity index (χ0n) is 7.82. The third-order valence-electron chi connectivity index (χ3n) is 1.96. The molecule has 2 heterocycles. The number of hydrogen-bond acceptors (Lipinski definition) is 4. The van der Waals surface area contributed by atoms with E-state index in [4.69, 9.17) is 5.73 Å². The minimum atomic E-state index is -0.119. The first-order chi connectivity index (χ1) is 6.70. The fourth-order valence-corrected chi connectivity index (χ4v) is 1.35. The summed E-state index contributed by atoms with van der Waals surface area (Å²) >= 11 is 0. The van der Waals surface area contributed by atoms with E-state index < -0.39 is 0 Å². The Kier molecular flexibility index (Phi) is 1.95. The highest BCUT2D eigenvalue weighted by molar-refractivity contribution is 5.33. The smallest absolute Gasteiger partial charge is 0.255 e. The van der Waals surface area contributed by atoms with Gasteiger partial charge in [0.15, 0.2) is 0 Å². The van der Waals surface area contributed by atoms with Gasteiger partial charge in [-0.2, -0.15) is 4.98 Å². The maximum Gasteiger partial charge on any atom is 0.255 e. The van der Waals surface area contributed by atoms with Crippen molar-refractivity contribution in [2.75, 3.05) is 5.73 Å². The lowest BCUT2D eigenvalue weighted by Gasteiger charge is -1.96. The molecule has 14 heavy (non-hydrogen) atoms. The van der Waals surface area contributed by atoms with Gasteiger partial charge in [-0.05, 0) is 6.42 Å². The van der Waals surface area contributed by atoms with Crippen LogP contribution in [0.2, 0.25) is 0 Å². The van der Waals surface area contributed by atoms with Crippen LogP contribution in [0.15, 0.2) is 11.0 Å². The van der Waals surface area contributed by atoms with Gasteiger partial charge in [-0.25, -0.2) is 4.52 Å². The molecule has 2 aromatic heterocycles. The Morgan fingerprint density at radius 1 is 1.64 bits per heavy atom. The van der Waals surface area contributed by atoms with E-state index >= 15 is 0 Å². The van der Waals surface area contributed by atoms with Crippen molar-refractivity contribution >= 4 is 11.7 Å². The van der Waals surface area contributed by atoms with Crippen LogP contribution < -0.4 is 11.3 Å². The van der Waals surface area contributed by atoms with Crippen LogP contribution in [0.3, 0.4) is 0 Å². The van der Waals surface area contributed by atoms with Crippen molar-refractivity contribution in [3.63, 3.8) is 0 Å². The lowest BCUT2D eigenvalue weighted by Crippen LogP contribution is -2.14. The molecular weight excluding hydrogens is 182 g/mol. The highest BCUT2D eigenvalue weighted by Gasteiger charge is 2.04. The van der Waals surface area contributed by atoms with E-state index in [2.05, 4.69) is 15.1 Å². The van der Waals surface area contributed by atoms with Crippen molar-refractivity contribution in [2.45, 2.75) is 19.8 Å². The van der Waals surface area contributed by atoms with Crippen LogP contribution >= 0.6 is 0 Å². The molecule has 74 valence electrons. The third-order valence-corrected chi connectivity index (χ3v) is 1.96. The second kappa shape index (κ2) is 3.13. The average molecular weight is 193 g/mol. The van der Waals surface area contributed by atoms with Gasteiger partial charge >= 0.3 is 0 Å². The molecule has 0 bridgehead atoms. The number of nitrogen functional groups attached to an aromatic ring is 1. The van der Waals surface area contributed by atoms with Crippen LogP contribution in [-0.4, -0.2) is 19.6 Å². The molecule has 0 amide bonds. The predicted molar refractivity (Wildman–Crippen MR) is 52.0 cm³/mol. The Morgan fingerprint density at radius 2 is 2.43 bits per heavy atom. The van der Waals surface area contributed by atoms with E-state index in [0.717, 1.165) is 12.8 Å². The summed E-state index contributed by atoms with van der Waals surface area (Å²) in [5.41, 5.74) is 5.98. The van der Waals surface area contributed by atoms with Crippen LogP contribution in [0.1, 0.15) is 18.9 Å². The van der Waals surface area contributed by atoms with Crippen molar-refractivity contribution in [3.8, 4) is 0 Å². The quantitative estimate of drug-likeness (QED) is 0.699. The molecule has 0 unspecified atom stereocenters. The molecule has 0 radical (unpaired) electrons. The van der Waals surface area contributed by atoms with Crippen molar-refractivity contribution in [1.82, 2.24) is 19.6 Å². The van der Waals surface area contributed by atoms with Crippen molar-refractivity contribution in [2.24, 2.45) is 0 Å². The Morgan fingerprint density at radius 3 is 3.14 bits per heavy atom. The number of aromatic amines is 1. The maximum absolute atomic E-state index is 11.5. The largest absolute Gasteiger partial charge is 0.366 e. The normalized spacial score (nSPS) is 10.9. The minimum absolute atomic E-state index is 0.119. The molecule has 0 fully saturated rings. The molecule has 2 aromatic rings. The van der Waals surface area contributed by atoms with Gasteiger partial charge in [0.1, 0.15) is 0 Å². The van der Waals surface area contributed by atoms with Gasteiger partial charge in [-0.15, -0.1) is 5.10 Å². The lowest BCUT2D eigenvalue weighted by atomic mass is 10.2. The van der Waals surface area contributed by atoms with Crippen molar-refractivity contribution in [1.29, 1.82) is 0 Å². The van der Waals surface area contributed by atoms with Gasteiger partial charge in [0.05, 0.1) is 0 Å². The zero-order chi connectivity index (χ0) is 10.1. The predicted octanol–water partition coefficient (Wildman–Crippen LogP) is -0.0477. The number of hydrogen-bond donors (Lipinski definition) is 2. The molecule has 0 saturated carbocycles. The summed E-state index contributed by atoms with van der Waals surface area (Å²) in [4.78, 5) is 17.9. The Hall–Kier alpha value is -1.85. The lowest BCUT2D eigenvalue weighted by molar-refractivity contribution is 0.850. The van der Waals surface area contributed by atoms with Gasteiger partial charge in [-0.1, -0.05) is 13.3 Å². The topological polar surface area (TPSA) is 89.1 Å². The molecule has 6 nitrogen and oxygen atoms in total. The van der Waals surface area contributed by atoms with Crippen LogP contribution in [0, 0.1) is 0 Å². The molecule has 6 heteroatoms. The first kappa shape index (κ1) is 8.74. The van der Waals surface area contributed by atoms with Gasteiger partial charge in [0.2, 0.25) is 11.7 Å². The maximum atomic E-state index is 11.5. The van der Waals surface area contributed by atoms with Crippen LogP contribution in [0.5, 0.6) is 0 Å². The first-order valence-corrected chi connectivity index (χ1v) is 4.44. The van der Waals surface area contributed by atoms with Gasteiger partial charge in [-0.3, -0.25) is 9.78 Å². The van der Waals surface area contributed by atoms with Crippen molar-refractivity contribution < 1.29 is 0 Å². The summed E-state index contributed by atoms with van der Waals surface area (Å²) in [5, 5.41) is 3.91. The number of H-pyrrole nitrogens is 1. The van der Waals surface area contributed by atoms with Gasteiger partial charge in [0, 0.05) is 11.8 Å². The third kappa shape index (κ3) is 1.34. The number of nitrogens with two attached hydrogens (primary N) is 1. The Bertz CT molecular complexity index is 512. The van der Waals surface area contributed by atoms with Crippen molar-refractivity contribution in [3.05, 3.63) is 22.1 Å². The van der Waals surface area contributed by atoms with Crippen LogP contribution in [0.25, 0.3) is 5.78 Å². The molecule has 2 rings (SSSR count). The zero-order valence-corrected chi connectivity index (χ0v) is 7.82.